The molecule has 1 aliphatic heterocycles. The number of benzene rings is 1. The summed E-state index contributed by atoms with van der Waals surface area (Å²) in [5.41, 5.74) is 4.12. The third kappa shape index (κ3) is 4.88. The van der Waals surface area contributed by atoms with E-state index in [1.165, 1.54) is 68.1 Å². The van der Waals surface area contributed by atoms with Crippen LogP contribution in [0.3, 0.4) is 0 Å². The van der Waals surface area contributed by atoms with Crippen LogP contribution in [0.15, 0.2) is 12.1 Å². The van der Waals surface area contributed by atoms with Crippen molar-refractivity contribution >= 4 is 0 Å². The number of aryl methyl sites for hydroxylation is 1. The summed E-state index contributed by atoms with van der Waals surface area (Å²) in [7, 11) is 1.81. The van der Waals surface area contributed by atoms with Gasteiger partial charge in [-0.25, -0.2) is 0 Å². The van der Waals surface area contributed by atoms with Crippen molar-refractivity contribution in [2.45, 2.75) is 97.0 Å². The van der Waals surface area contributed by atoms with Gasteiger partial charge in [-0.05, 0) is 67.6 Å². The van der Waals surface area contributed by atoms with Gasteiger partial charge in [0.25, 0.3) is 0 Å². The predicted octanol–water partition coefficient (Wildman–Crippen LogP) is 6.83. The van der Waals surface area contributed by atoms with Gasteiger partial charge in [0.05, 0.1) is 19.8 Å². The van der Waals surface area contributed by atoms with Crippen LogP contribution < -0.4 is 4.74 Å². The van der Waals surface area contributed by atoms with Crippen LogP contribution >= 0.6 is 0 Å². The molecule has 2 aliphatic rings. The molecule has 0 bridgehead atoms. The van der Waals surface area contributed by atoms with Crippen molar-refractivity contribution < 1.29 is 9.47 Å². The Morgan fingerprint density at radius 3 is 2.37 bits per heavy atom. The quantitative estimate of drug-likeness (QED) is 0.522. The van der Waals surface area contributed by atoms with Crippen LogP contribution in [0.2, 0.25) is 0 Å². The lowest BCUT2D eigenvalue weighted by Crippen LogP contribution is -2.33. The van der Waals surface area contributed by atoms with Gasteiger partial charge in [-0.2, -0.15) is 0 Å². The van der Waals surface area contributed by atoms with E-state index < -0.39 is 0 Å². The molecule has 1 heterocycles. The molecule has 2 unspecified atom stereocenters. The van der Waals surface area contributed by atoms with Gasteiger partial charge < -0.3 is 9.47 Å². The zero-order chi connectivity index (χ0) is 19.2. The first-order chi connectivity index (χ1) is 13.2. The minimum Gasteiger partial charge on any atom is -0.496 e. The van der Waals surface area contributed by atoms with E-state index in [0.717, 1.165) is 37.0 Å². The van der Waals surface area contributed by atoms with E-state index in [2.05, 4.69) is 32.9 Å². The fourth-order valence-electron chi connectivity index (χ4n) is 5.60. The van der Waals surface area contributed by atoms with Crippen LogP contribution in [-0.4, -0.2) is 19.8 Å². The molecule has 3 rings (SSSR count). The molecule has 0 amide bonds. The van der Waals surface area contributed by atoms with Gasteiger partial charge in [0.1, 0.15) is 5.75 Å². The van der Waals surface area contributed by atoms with Gasteiger partial charge in [-0.3, -0.25) is 0 Å². The summed E-state index contributed by atoms with van der Waals surface area (Å²) in [4.78, 5) is 0. The Bertz CT molecular complexity index is 578. The maximum Gasteiger partial charge on any atom is 0.125 e. The average molecular weight is 373 g/mol. The molecule has 2 fully saturated rings. The smallest absolute Gasteiger partial charge is 0.125 e. The van der Waals surface area contributed by atoms with Crippen LogP contribution in [0, 0.1) is 18.8 Å². The number of rotatable bonds is 7. The summed E-state index contributed by atoms with van der Waals surface area (Å²) in [6, 6.07) is 4.62. The third-order valence-corrected chi connectivity index (χ3v) is 7.12. The highest BCUT2D eigenvalue weighted by Crippen LogP contribution is 2.41. The van der Waals surface area contributed by atoms with Crippen LogP contribution in [0.1, 0.15) is 94.2 Å². The summed E-state index contributed by atoms with van der Waals surface area (Å²) in [6.07, 6.45) is 13.6. The van der Waals surface area contributed by atoms with Gasteiger partial charge in [0.15, 0.2) is 0 Å². The van der Waals surface area contributed by atoms with Crippen LogP contribution in [-0.2, 0) is 11.2 Å². The van der Waals surface area contributed by atoms with Gasteiger partial charge >= 0.3 is 0 Å². The minimum atomic E-state index is 0.505. The zero-order valence-electron chi connectivity index (χ0n) is 18.1. The van der Waals surface area contributed by atoms with Gasteiger partial charge in [-0.1, -0.05) is 58.1 Å². The van der Waals surface area contributed by atoms with Gasteiger partial charge in [0.2, 0.25) is 0 Å². The first-order valence-corrected chi connectivity index (χ1v) is 11.5. The minimum absolute atomic E-state index is 0.505. The highest BCUT2D eigenvalue weighted by atomic mass is 16.5. The molecular formula is C25H40O2. The monoisotopic (exact) mass is 372 g/mol. The summed E-state index contributed by atoms with van der Waals surface area (Å²) < 4.78 is 12.2. The number of hydrogen-bond acceptors (Lipinski definition) is 2. The molecule has 1 saturated heterocycles. The molecule has 1 saturated carbocycles. The molecular weight excluding hydrogens is 332 g/mol. The van der Waals surface area contributed by atoms with Crippen molar-refractivity contribution in [1.29, 1.82) is 0 Å². The van der Waals surface area contributed by atoms with Crippen molar-refractivity contribution in [3.8, 4) is 5.75 Å². The highest BCUT2D eigenvalue weighted by Gasteiger charge is 2.32. The Kier molecular flexibility index (Phi) is 7.64. The fraction of sp³-hybridized carbons (Fsp3) is 0.760. The van der Waals surface area contributed by atoms with Gasteiger partial charge in [0, 0.05) is 5.92 Å². The second-order valence-electron chi connectivity index (χ2n) is 8.94. The van der Waals surface area contributed by atoms with Crippen molar-refractivity contribution in [3.05, 3.63) is 28.8 Å². The Hall–Kier alpha value is -1.02. The molecule has 2 atom stereocenters. The van der Waals surface area contributed by atoms with Crippen LogP contribution in [0.4, 0.5) is 0 Å². The molecule has 0 spiro atoms. The van der Waals surface area contributed by atoms with E-state index >= 15 is 0 Å². The average Bonchev–Trinajstić information content (AvgIpc) is 2.70. The number of methoxy groups -OCH3 is 1. The van der Waals surface area contributed by atoms with E-state index in [1.807, 2.05) is 7.11 Å². The first-order valence-electron chi connectivity index (χ1n) is 11.5. The van der Waals surface area contributed by atoms with E-state index in [0.29, 0.717) is 12.0 Å². The lowest BCUT2D eigenvalue weighted by atomic mass is 9.75. The molecule has 0 aromatic heterocycles. The Morgan fingerprint density at radius 2 is 1.78 bits per heavy atom. The zero-order valence-corrected chi connectivity index (χ0v) is 18.1. The molecule has 27 heavy (non-hydrogen) atoms. The second-order valence-corrected chi connectivity index (χ2v) is 8.94. The number of hydrogen-bond donors (Lipinski definition) is 0. The first kappa shape index (κ1) is 20.7. The fourth-order valence-corrected chi connectivity index (χ4v) is 5.60. The Morgan fingerprint density at radius 1 is 1.00 bits per heavy atom. The largest absolute Gasteiger partial charge is 0.496 e. The van der Waals surface area contributed by atoms with Crippen molar-refractivity contribution in [2.24, 2.45) is 11.8 Å². The second kappa shape index (κ2) is 9.96. The molecule has 152 valence electrons. The molecule has 1 aromatic carbocycles. The van der Waals surface area contributed by atoms with E-state index in [-0.39, 0.29) is 0 Å². The predicted molar refractivity (Wildman–Crippen MR) is 114 cm³/mol. The summed E-state index contributed by atoms with van der Waals surface area (Å²) >= 11 is 0. The SMILES string of the molecule is CCCc1ccc(C2CCC(C3CCC(CCC)CC3)OC2)c(C)c1OC. The lowest BCUT2D eigenvalue weighted by molar-refractivity contribution is -0.0436. The van der Waals surface area contributed by atoms with Crippen molar-refractivity contribution in [1.82, 2.24) is 0 Å². The summed E-state index contributed by atoms with van der Waals surface area (Å²) in [5, 5.41) is 0. The van der Waals surface area contributed by atoms with E-state index in [4.69, 9.17) is 9.47 Å². The van der Waals surface area contributed by atoms with Crippen molar-refractivity contribution in [2.75, 3.05) is 13.7 Å². The maximum atomic E-state index is 6.45. The van der Waals surface area contributed by atoms with Crippen LogP contribution in [0.25, 0.3) is 0 Å². The van der Waals surface area contributed by atoms with Crippen LogP contribution in [0.5, 0.6) is 5.75 Å². The summed E-state index contributed by atoms with van der Waals surface area (Å²) in [5.74, 6) is 3.42. The molecule has 1 aromatic rings. The normalized spacial score (nSPS) is 28.9. The standard InChI is InChI=1S/C25H40O2/c1-5-7-19-9-11-20(12-10-19)24-16-14-22(17-27-24)23-15-13-21(8-6-2)25(26-4)18(23)3/h13,15,19-20,22,24H,5-12,14,16-17H2,1-4H3. The molecule has 0 radical (unpaired) electrons. The molecule has 0 N–H and O–H groups in total. The molecule has 2 heteroatoms. The summed E-state index contributed by atoms with van der Waals surface area (Å²) in [6.45, 7) is 7.67. The highest BCUT2D eigenvalue weighted by molar-refractivity contribution is 5.47. The van der Waals surface area contributed by atoms with E-state index in [1.54, 1.807) is 0 Å². The van der Waals surface area contributed by atoms with Gasteiger partial charge in [-0.15, -0.1) is 0 Å². The Balaban J connectivity index is 1.58. The third-order valence-electron chi connectivity index (χ3n) is 7.12. The Labute approximate surface area is 167 Å². The molecule has 2 nitrogen and oxygen atoms in total. The van der Waals surface area contributed by atoms with Crippen molar-refractivity contribution in [3.63, 3.8) is 0 Å². The topological polar surface area (TPSA) is 18.5 Å². The molecule has 1 aliphatic carbocycles. The number of ether oxygens (including phenoxy) is 2. The van der Waals surface area contributed by atoms with E-state index in [9.17, 15) is 0 Å². The maximum absolute atomic E-state index is 6.45. The lowest BCUT2D eigenvalue weighted by Gasteiger charge is -2.38.